The minimum Gasteiger partial charge on any atom is -0.103 e. The van der Waals surface area contributed by atoms with Crippen molar-refractivity contribution in [3.63, 3.8) is 0 Å². The van der Waals surface area contributed by atoms with Crippen LogP contribution in [0.15, 0.2) is 12.7 Å². The molecule has 0 atom stereocenters. The lowest BCUT2D eigenvalue weighted by molar-refractivity contribution is 0.566. The SMILES string of the molecule is C=CCCCCCCCCCCC. The van der Waals surface area contributed by atoms with E-state index in [4.69, 9.17) is 0 Å². The van der Waals surface area contributed by atoms with Gasteiger partial charge in [-0.15, -0.1) is 6.58 Å². The summed E-state index contributed by atoms with van der Waals surface area (Å²) >= 11 is 0. The maximum absolute atomic E-state index is 3.73. The van der Waals surface area contributed by atoms with Crippen LogP contribution in [-0.4, -0.2) is 0 Å². The van der Waals surface area contributed by atoms with E-state index < -0.39 is 0 Å². The Balaban J connectivity index is 2.79. The average Bonchev–Trinajstić information content (AvgIpc) is 2.16. The fourth-order valence-corrected chi connectivity index (χ4v) is 1.60. The lowest BCUT2D eigenvalue weighted by Crippen LogP contribution is -1.80. The summed E-state index contributed by atoms with van der Waals surface area (Å²) < 4.78 is 0. The molecule has 0 bridgehead atoms. The third kappa shape index (κ3) is 11.7. The molecule has 0 aromatic carbocycles. The van der Waals surface area contributed by atoms with E-state index in [9.17, 15) is 0 Å². The van der Waals surface area contributed by atoms with E-state index in [0.717, 1.165) is 0 Å². The molecule has 0 radical (unpaired) electrons. The van der Waals surface area contributed by atoms with Crippen LogP contribution in [-0.2, 0) is 0 Å². The smallest absolute Gasteiger partial charge is 0.0353 e. The molecule has 0 aromatic heterocycles. The molecule has 0 amide bonds. The first-order valence-electron chi connectivity index (χ1n) is 6.02. The van der Waals surface area contributed by atoms with Crippen LogP contribution in [0.2, 0.25) is 0 Å². The summed E-state index contributed by atoms with van der Waals surface area (Å²) in [6, 6.07) is 0. The highest BCUT2D eigenvalue weighted by Crippen LogP contribution is 2.10. The maximum Gasteiger partial charge on any atom is -0.0353 e. The zero-order chi connectivity index (χ0) is 9.78. The van der Waals surface area contributed by atoms with E-state index in [1.807, 2.05) is 6.08 Å². The molecule has 0 nitrogen and oxygen atoms in total. The van der Waals surface area contributed by atoms with Gasteiger partial charge in [0.25, 0.3) is 0 Å². The molecule has 0 aromatic rings. The van der Waals surface area contributed by atoms with Crippen molar-refractivity contribution in [1.82, 2.24) is 0 Å². The van der Waals surface area contributed by atoms with Gasteiger partial charge in [-0.1, -0.05) is 64.4 Å². The molecule has 0 heterocycles. The predicted octanol–water partition coefficient (Wildman–Crippen LogP) is 5.09. The number of hydrogen-bond acceptors (Lipinski definition) is 0. The fraction of sp³-hybridized carbons (Fsp3) is 0.846. The first-order valence-corrected chi connectivity index (χ1v) is 6.02. The van der Waals surface area contributed by atoms with Gasteiger partial charge in [0.2, 0.25) is 0 Å². The molecule has 0 unspecified atom stereocenters. The average molecular weight is 182 g/mol. The van der Waals surface area contributed by atoms with Crippen LogP contribution >= 0.6 is 0 Å². The van der Waals surface area contributed by atoms with Crippen LogP contribution < -0.4 is 0 Å². The third-order valence-corrected chi connectivity index (χ3v) is 2.51. The van der Waals surface area contributed by atoms with Crippen molar-refractivity contribution in [2.75, 3.05) is 0 Å². The Bertz CT molecular complexity index is 94.2. The molecule has 0 spiro atoms. The van der Waals surface area contributed by atoms with Gasteiger partial charge in [-0.2, -0.15) is 0 Å². The van der Waals surface area contributed by atoms with Crippen molar-refractivity contribution >= 4 is 0 Å². The minimum absolute atomic E-state index is 1.20. The molecule has 0 saturated heterocycles. The highest BCUT2D eigenvalue weighted by molar-refractivity contribution is 4.65. The van der Waals surface area contributed by atoms with Crippen molar-refractivity contribution in [1.29, 1.82) is 0 Å². The lowest BCUT2D eigenvalue weighted by atomic mass is 10.1. The molecule has 13 heavy (non-hydrogen) atoms. The van der Waals surface area contributed by atoms with Gasteiger partial charge in [0.15, 0.2) is 0 Å². The van der Waals surface area contributed by atoms with Crippen LogP contribution in [0.3, 0.4) is 0 Å². The van der Waals surface area contributed by atoms with E-state index in [0.29, 0.717) is 0 Å². The molecule has 0 aliphatic carbocycles. The number of allylic oxidation sites excluding steroid dienone is 1. The Hall–Kier alpha value is -0.260. The van der Waals surface area contributed by atoms with Crippen LogP contribution in [0.25, 0.3) is 0 Å². The van der Waals surface area contributed by atoms with E-state index in [1.165, 1.54) is 64.2 Å². The van der Waals surface area contributed by atoms with Gasteiger partial charge in [-0.05, 0) is 12.8 Å². The van der Waals surface area contributed by atoms with Crippen molar-refractivity contribution in [2.24, 2.45) is 0 Å². The van der Waals surface area contributed by atoms with Gasteiger partial charge < -0.3 is 0 Å². The number of unbranched alkanes of at least 4 members (excludes halogenated alkanes) is 9. The molecule has 0 N–H and O–H groups in total. The van der Waals surface area contributed by atoms with Gasteiger partial charge in [0, 0.05) is 0 Å². The second-order valence-corrected chi connectivity index (χ2v) is 3.91. The molecular weight excluding hydrogens is 156 g/mol. The van der Waals surface area contributed by atoms with Crippen molar-refractivity contribution in [2.45, 2.75) is 71.1 Å². The monoisotopic (exact) mass is 182 g/mol. The lowest BCUT2D eigenvalue weighted by Gasteiger charge is -2.00. The number of rotatable bonds is 10. The Labute approximate surface area is 84.4 Å². The van der Waals surface area contributed by atoms with Crippen LogP contribution in [0.4, 0.5) is 0 Å². The Morgan fingerprint density at radius 1 is 0.769 bits per heavy atom. The standard InChI is InChI=1S/C13H26/c1-3-5-7-9-11-13-12-10-8-6-4-2/h3H,1,4-13H2,2H3. The highest BCUT2D eigenvalue weighted by Gasteiger charge is 1.90. The molecule has 0 heteroatoms. The van der Waals surface area contributed by atoms with E-state index >= 15 is 0 Å². The summed E-state index contributed by atoms with van der Waals surface area (Å²) in [6.07, 6.45) is 16.0. The van der Waals surface area contributed by atoms with E-state index in [2.05, 4.69) is 13.5 Å². The summed E-state index contributed by atoms with van der Waals surface area (Å²) in [7, 11) is 0. The molecule has 0 rings (SSSR count). The minimum atomic E-state index is 1.20. The first-order chi connectivity index (χ1) is 6.41. The second kappa shape index (κ2) is 11.7. The van der Waals surface area contributed by atoms with Gasteiger partial charge in [-0.3, -0.25) is 0 Å². The Kier molecular flexibility index (Phi) is 11.5. The summed E-state index contributed by atoms with van der Waals surface area (Å²) in [5.74, 6) is 0. The molecule has 78 valence electrons. The zero-order valence-corrected chi connectivity index (χ0v) is 9.36. The quantitative estimate of drug-likeness (QED) is 0.326. The fourth-order valence-electron chi connectivity index (χ4n) is 1.60. The summed E-state index contributed by atoms with van der Waals surface area (Å²) in [6.45, 7) is 6.00. The maximum atomic E-state index is 3.73. The van der Waals surface area contributed by atoms with Gasteiger partial charge in [0.1, 0.15) is 0 Å². The molecule has 0 saturated carbocycles. The second-order valence-electron chi connectivity index (χ2n) is 3.91. The first kappa shape index (κ1) is 12.7. The van der Waals surface area contributed by atoms with Crippen molar-refractivity contribution in [3.05, 3.63) is 12.7 Å². The van der Waals surface area contributed by atoms with Crippen molar-refractivity contribution in [3.8, 4) is 0 Å². The topological polar surface area (TPSA) is 0 Å². The molecular formula is C13H26. The van der Waals surface area contributed by atoms with Gasteiger partial charge in [-0.25, -0.2) is 0 Å². The zero-order valence-electron chi connectivity index (χ0n) is 9.36. The van der Waals surface area contributed by atoms with Crippen LogP contribution in [0.1, 0.15) is 71.1 Å². The summed E-state index contributed by atoms with van der Waals surface area (Å²) in [5, 5.41) is 0. The third-order valence-electron chi connectivity index (χ3n) is 2.51. The Morgan fingerprint density at radius 3 is 1.69 bits per heavy atom. The van der Waals surface area contributed by atoms with Gasteiger partial charge in [0.05, 0.1) is 0 Å². The van der Waals surface area contributed by atoms with E-state index in [1.54, 1.807) is 0 Å². The molecule has 0 aliphatic heterocycles. The van der Waals surface area contributed by atoms with Crippen LogP contribution in [0.5, 0.6) is 0 Å². The van der Waals surface area contributed by atoms with Gasteiger partial charge >= 0.3 is 0 Å². The predicted molar refractivity (Wildman–Crippen MR) is 62.0 cm³/mol. The van der Waals surface area contributed by atoms with E-state index in [-0.39, 0.29) is 0 Å². The van der Waals surface area contributed by atoms with Crippen molar-refractivity contribution < 1.29 is 0 Å². The number of hydrogen-bond donors (Lipinski definition) is 0. The molecule has 0 aliphatic rings. The summed E-state index contributed by atoms with van der Waals surface area (Å²) in [4.78, 5) is 0. The molecule has 0 fully saturated rings. The largest absolute Gasteiger partial charge is 0.103 e. The normalized spacial score (nSPS) is 10.2. The Morgan fingerprint density at radius 2 is 1.23 bits per heavy atom. The van der Waals surface area contributed by atoms with Crippen LogP contribution in [0, 0.1) is 0 Å². The summed E-state index contributed by atoms with van der Waals surface area (Å²) in [5.41, 5.74) is 0. The highest BCUT2D eigenvalue weighted by atomic mass is 14.0.